The molecule has 0 aromatic carbocycles. The number of carbonyl (C=O) groups excluding carboxylic acids is 1. The molecule has 0 saturated carbocycles. The summed E-state index contributed by atoms with van der Waals surface area (Å²) in [6.07, 6.45) is 0.407. The zero-order valence-corrected chi connectivity index (χ0v) is 13.0. The maximum absolute atomic E-state index is 11.9. The average molecular weight is 422 g/mol. The highest BCUT2D eigenvalue weighted by Crippen LogP contribution is 2.26. The van der Waals surface area contributed by atoms with Crippen LogP contribution < -0.4 is 4.90 Å². The fraction of sp³-hybridized carbons (Fsp3) is 0.400. The van der Waals surface area contributed by atoms with Gasteiger partial charge in [0.15, 0.2) is 0 Å². The minimum Gasteiger partial charge on any atom is -0.296 e. The molecule has 1 aromatic heterocycles. The molecule has 1 saturated heterocycles. The number of rotatable bonds is 3. The molecule has 1 unspecified atom stereocenters. The van der Waals surface area contributed by atoms with Crippen molar-refractivity contribution in [2.75, 3.05) is 18.0 Å². The molecular weight excluding hydrogens is 413 g/mol. The van der Waals surface area contributed by atoms with E-state index in [0.29, 0.717) is 25.3 Å². The van der Waals surface area contributed by atoms with Crippen molar-refractivity contribution >= 4 is 50.2 Å². The Bertz CT molecular complexity index is 531. The van der Waals surface area contributed by atoms with Crippen molar-refractivity contribution in [3.8, 4) is 0 Å². The zero-order chi connectivity index (χ0) is 13.1. The number of hydrogen-bond acceptors (Lipinski definition) is 3. The molecule has 6 nitrogen and oxygen atoms in total. The van der Waals surface area contributed by atoms with Crippen molar-refractivity contribution in [1.82, 2.24) is 4.98 Å². The van der Waals surface area contributed by atoms with Crippen molar-refractivity contribution in [2.24, 2.45) is 11.0 Å². The first-order valence-electron chi connectivity index (χ1n) is 5.25. The summed E-state index contributed by atoms with van der Waals surface area (Å²) in [4.78, 5) is 20.6. The molecule has 1 aliphatic rings. The molecule has 1 amide bonds. The number of hydrogen-bond donors (Lipinski definition) is 0. The summed E-state index contributed by atoms with van der Waals surface area (Å²) in [5.41, 5.74) is 8.28. The van der Waals surface area contributed by atoms with E-state index >= 15 is 0 Å². The lowest BCUT2D eigenvalue weighted by Crippen LogP contribution is -2.25. The molecule has 8 heteroatoms. The Morgan fingerprint density at radius 3 is 3.11 bits per heavy atom. The quantitative estimate of drug-likeness (QED) is 0.247. The van der Waals surface area contributed by atoms with E-state index in [1.807, 2.05) is 12.1 Å². The van der Waals surface area contributed by atoms with Crippen molar-refractivity contribution in [3.63, 3.8) is 0 Å². The topological polar surface area (TPSA) is 82.0 Å². The van der Waals surface area contributed by atoms with Gasteiger partial charge in [-0.05, 0) is 62.1 Å². The molecular formula is C10H9BrIN5O. The van der Waals surface area contributed by atoms with Crippen LogP contribution in [0, 0.1) is 9.49 Å². The highest BCUT2D eigenvalue weighted by molar-refractivity contribution is 14.1. The molecule has 0 spiro atoms. The third-order valence-corrected chi connectivity index (χ3v) is 4.89. The van der Waals surface area contributed by atoms with E-state index in [0.717, 1.165) is 8.17 Å². The van der Waals surface area contributed by atoms with Gasteiger partial charge in [0.25, 0.3) is 0 Å². The van der Waals surface area contributed by atoms with E-state index in [-0.39, 0.29) is 11.8 Å². The first-order chi connectivity index (χ1) is 8.61. The Labute approximate surface area is 126 Å². The number of pyridine rings is 1. The summed E-state index contributed by atoms with van der Waals surface area (Å²) >= 11 is 5.51. The standard InChI is InChI=1S/C10H9BrIN5O/c11-10-7(12)1-2-8(15-10)17-5-6(3-9(17)18)4-14-16-13/h1-2,6H,3-5H2. The molecule has 0 aliphatic carbocycles. The smallest absolute Gasteiger partial charge is 0.228 e. The second kappa shape index (κ2) is 5.85. The molecule has 1 aliphatic heterocycles. The van der Waals surface area contributed by atoms with Crippen molar-refractivity contribution in [3.05, 3.63) is 30.7 Å². The SMILES string of the molecule is [N-]=[N+]=NCC1CC(=O)N(c2ccc(I)c(Br)n2)C1. The van der Waals surface area contributed by atoms with Gasteiger partial charge in [-0.1, -0.05) is 5.11 Å². The van der Waals surface area contributed by atoms with E-state index < -0.39 is 0 Å². The molecule has 1 fully saturated rings. The molecule has 94 valence electrons. The van der Waals surface area contributed by atoms with E-state index in [4.69, 9.17) is 5.53 Å². The molecule has 1 atom stereocenters. The van der Waals surface area contributed by atoms with Crippen LogP contribution in [0.4, 0.5) is 5.82 Å². The van der Waals surface area contributed by atoms with Crippen LogP contribution in [-0.2, 0) is 4.79 Å². The first-order valence-corrected chi connectivity index (χ1v) is 7.12. The van der Waals surface area contributed by atoms with Crippen LogP contribution in [0.3, 0.4) is 0 Å². The molecule has 2 heterocycles. The highest BCUT2D eigenvalue weighted by atomic mass is 127. The zero-order valence-electron chi connectivity index (χ0n) is 9.25. The predicted molar refractivity (Wildman–Crippen MR) is 79.1 cm³/mol. The van der Waals surface area contributed by atoms with Gasteiger partial charge in [-0.15, -0.1) is 0 Å². The second-order valence-electron chi connectivity index (χ2n) is 3.93. The number of anilines is 1. The number of azide groups is 1. The maximum Gasteiger partial charge on any atom is 0.228 e. The van der Waals surface area contributed by atoms with Crippen molar-refractivity contribution in [1.29, 1.82) is 0 Å². The van der Waals surface area contributed by atoms with E-state index in [1.54, 1.807) is 4.90 Å². The van der Waals surface area contributed by atoms with Crippen LogP contribution in [0.5, 0.6) is 0 Å². The molecule has 18 heavy (non-hydrogen) atoms. The fourth-order valence-corrected chi connectivity index (χ4v) is 2.45. The Hall–Kier alpha value is -0.860. The van der Waals surface area contributed by atoms with Gasteiger partial charge in [0, 0.05) is 28.0 Å². The van der Waals surface area contributed by atoms with Gasteiger partial charge in [0.1, 0.15) is 10.4 Å². The summed E-state index contributed by atoms with van der Waals surface area (Å²) in [6, 6.07) is 3.72. The lowest BCUT2D eigenvalue weighted by molar-refractivity contribution is -0.117. The van der Waals surface area contributed by atoms with Crippen molar-refractivity contribution < 1.29 is 4.79 Å². The van der Waals surface area contributed by atoms with Gasteiger partial charge in [-0.2, -0.15) is 0 Å². The van der Waals surface area contributed by atoms with E-state index in [1.165, 1.54) is 0 Å². The largest absolute Gasteiger partial charge is 0.296 e. The third-order valence-electron chi connectivity index (χ3n) is 2.67. The number of amides is 1. The van der Waals surface area contributed by atoms with Gasteiger partial charge in [-0.3, -0.25) is 9.69 Å². The summed E-state index contributed by atoms with van der Waals surface area (Å²) in [7, 11) is 0. The Balaban J connectivity index is 2.16. The van der Waals surface area contributed by atoms with Gasteiger partial charge >= 0.3 is 0 Å². The Kier molecular flexibility index (Phi) is 4.41. The maximum atomic E-state index is 11.9. The third kappa shape index (κ3) is 2.93. The van der Waals surface area contributed by atoms with Crippen LogP contribution >= 0.6 is 38.5 Å². The number of nitrogens with zero attached hydrogens (tertiary/aromatic N) is 5. The van der Waals surface area contributed by atoms with Crippen LogP contribution in [0.2, 0.25) is 0 Å². The first kappa shape index (κ1) is 13.6. The minimum absolute atomic E-state index is 0.0220. The summed E-state index contributed by atoms with van der Waals surface area (Å²) in [5.74, 6) is 0.734. The fourth-order valence-electron chi connectivity index (χ4n) is 1.84. The molecule has 0 bridgehead atoms. The molecule has 0 radical (unpaired) electrons. The Morgan fingerprint density at radius 2 is 2.44 bits per heavy atom. The van der Waals surface area contributed by atoms with Gasteiger partial charge < -0.3 is 0 Å². The highest BCUT2D eigenvalue weighted by Gasteiger charge is 2.30. The summed E-state index contributed by atoms with van der Waals surface area (Å²) in [6.45, 7) is 0.905. The van der Waals surface area contributed by atoms with Crippen molar-refractivity contribution in [2.45, 2.75) is 6.42 Å². The summed E-state index contributed by atoms with van der Waals surface area (Å²) < 4.78 is 1.72. The van der Waals surface area contributed by atoms with Crippen LogP contribution in [0.25, 0.3) is 10.4 Å². The van der Waals surface area contributed by atoms with Crippen LogP contribution in [-0.4, -0.2) is 24.0 Å². The lowest BCUT2D eigenvalue weighted by atomic mass is 10.1. The predicted octanol–water partition coefficient (Wildman–Crippen LogP) is 3.11. The van der Waals surface area contributed by atoms with E-state index in [2.05, 4.69) is 53.5 Å². The van der Waals surface area contributed by atoms with Crippen LogP contribution in [0.15, 0.2) is 21.9 Å². The number of aromatic nitrogens is 1. The number of carbonyl (C=O) groups is 1. The summed E-state index contributed by atoms with van der Waals surface area (Å²) in [5, 5.41) is 3.52. The normalized spacial score (nSPS) is 18.9. The average Bonchev–Trinajstić information content (AvgIpc) is 2.71. The van der Waals surface area contributed by atoms with Gasteiger partial charge in [0.2, 0.25) is 5.91 Å². The molecule has 0 N–H and O–H groups in total. The van der Waals surface area contributed by atoms with Gasteiger partial charge in [-0.25, -0.2) is 4.98 Å². The van der Waals surface area contributed by atoms with Gasteiger partial charge in [0.05, 0.1) is 0 Å². The molecule has 1 aromatic rings. The molecule has 2 rings (SSSR count). The minimum atomic E-state index is 0.0220. The van der Waals surface area contributed by atoms with E-state index in [9.17, 15) is 4.79 Å². The van der Waals surface area contributed by atoms with Crippen LogP contribution in [0.1, 0.15) is 6.42 Å². The monoisotopic (exact) mass is 421 g/mol. The lowest BCUT2D eigenvalue weighted by Gasteiger charge is -2.15. The Morgan fingerprint density at radius 1 is 1.67 bits per heavy atom. The number of halogens is 2. The second-order valence-corrected chi connectivity index (χ2v) is 5.84.